The number of carbonyl (C=O) groups excluding carboxylic acids is 1. The van der Waals surface area contributed by atoms with E-state index in [0.717, 1.165) is 15.4 Å². The second-order valence-corrected chi connectivity index (χ2v) is 4.08. The molecule has 0 aliphatic heterocycles. The molecule has 1 aromatic heterocycles. The molecule has 2 aromatic rings. The van der Waals surface area contributed by atoms with Gasteiger partial charge in [0.25, 0.3) is 0 Å². The van der Waals surface area contributed by atoms with Crippen LogP contribution in [0.25, 0.3) is 10.9 Å². The number of benzene rings is 1. The van der Waals surface area contributed by atoms with Gasteiger partial charge in [0.05, 0.1) is 12.1 Å². The van der Waals surface area contributed by atoms with Crippen LogP contribution in [0.3, 0.4) is 0 Å². The molecule has 3 nitrogen and oxygen atoms in total. The molecule has 82 valence electrons. The van der Waals surface area contributed by atoms with Crippen molar-refractivity contribution in [1.29, 1.82) is 0 Å². The number of halogens is 1. The molecule has 0 atom stereocenters. The zero-order valence-electron chi connectivity index (χ0n) is 8.74. The average molecular weight is 280 g/mol. The van der Waals surface area contributed by atoms with E-state index in [4.69, 9.17) is 4.74 Å². The van der Waals surface area contributed by atoms with Gasteiger partial charge in [-0.2, -0.15) is 0 Å². The number of hydrogen-bond acceptors (Lipinski definition) is 3. The molecule has 0 N–H and O–H groups in total. The van der Waals surface area contributed by atoms with Gasteiger partial charge in [0, 0.05) is 9.86 Å². The van der Waals surface area contributed by atoms with Gasteiger partial charge in [-0.3, -0.25) is 0 Å². The Morgan fingerprint density at radius 2 is 2.19 bits per heavy atom. The van der Waals surface area contributed by atoms with Crippen LogP contribution in [0.4, 0.5) is 0 Å². The van der Waals surface area contributed by atoms with Crippen molar-refractivity contribution in [2.45, 2.75) is 6.92 Å². The molecule has 4 heteroatoms. The van der Waals surface area contributed by atoms with Gasteiger partial charge >= 0.3 is 5.97 Å². The van der Waals surface area contributed by atoms with Gasteiger partial charge in [-0.1, -0.05) is 34.1 Å². The Morgan fingerprint density at radius 3 is 2.94 bits per heavy atom. The van der Waals surface area contributed by atoms with Gasteiger partial charge in [-0.25, -0.2) is 9.78 Å². The number of aromatic nitrogens is 1. The number of nitrogens with zero attached hydrogens (tertiary/aromatic N) is 1. The summed E-state index contributed by atoms with van der Waals surface area (Å²) in [5.41, 5.74) is 1.10. The summed E-state index contributed by atoms with van der Waals surface area (Å²) >= 11 is 3.42. The minimum absolute atomic E-state index is 0.326. The Hall–Kier alpha value is -1.42. The molecule has 0 aliphatic rings. The molecule has 1 heterocycles. The normalized spacial score (nSPS) is 10.4. The highest BCUT2D eigenvalue weighted by molar-refractivity contribution is 9.10. The Balaban J connectivity index is 2.53. The first-order valence-electron chi connectivity index (χ1n) is 4.94. The molecule has 0 radical (unpaired) electrons. The van der Waals surface area contributed by atoms with Crippen LogP contribution in [0.5, 0.6) is 0 Å². The fraction of sp³-hybridized carbons (Fsp3) is 0.167. The lowest BCUT2D eigenvalue weighted by Gasteiger charge is -2.04. The van der Waals surface area contributed by atoms with Crippen molar-refractivity contribution < 1.29 is 9.53 Å². The second kappa shape index (κ2) is 4.61. The monoisotopic (exact) mass is 279 g/mol. The Labute approximate surface area is 102 Å². The summed E-state index contributed by atoms with van der Waals surface area (Å²) in [4.78, 5) is 15.8. The largest absolute Gasteiger partial charge is 0.461 e. The lowest BCUT2D eigenvalue weighted by atomic mass is 10.2. The summed E-state index contributed by atoms with van der Waals surface area (Å²) < 4.78 is 5.76. The Kier molecular flexibility index (Phi) is 3.19. The highest BCUT2D eigenvalue weighted by atomic mass is 79.9. The van der Waals surface area contributed by atoms with Crippen molar-refractivity contribution in [3.63, 3.8) is 0 Å². The molecule has 1 aromatic carbocycles. The molecule has 0 spiro atoms. The van der Waals surface area contributed by atoms with Gasteiger partial charge < -0.3 is 4.74 Å². The molecule has 0 fully saturated rings. The van der Waals surface area contributed by atoms with E-state index in [0.29, 0.717) is 12.3 Å². The van der Waals surface area contributed by atoms with Crippen LogP contribution >= 0.6 is 15.9 Å². The molecule has 2 rings (SSSR count). The maximum atomic E-state index is 11.5. The molecule has 0 unspecified atom stereocenters. The maximum Gasteiger partial charge on any atom is 0.356 e. The summed E-state index contributed by atoms with van der Waals surface area (Å²) in [7, 11) is 0. The van der Waals surface area contributed by atoms with Crippen LogP contribution in [0.1, 0.15) is 17.4 Å². The van der Waals surface area contributed by atoms with E-state index in [1.807, 2.05) is 24.3 Å². The van der Waals surface area contributed by atoms with Crippen molar-refractivity contribution >= 4 is 32.8 Å². The zero-order chi connectivity index (χ0) is 11.5. The van der Waals surface area contributed by atoms with E-state index < -0.39 is 5.97 Å². The number of rotatable bonds is 2. The van der Waals surface area contributed by atoms with Crippen molar-refractivity contribution in [2.24, 2.45) is 0 Å². The van der Waals surface area contributed by atoms with Crippen molar-refractivity contribution in [3.05, 3.63) is 40.5 Å². The van der Waals surface area contributed by atoms with Gasteiger partial charge in [0.2, 0.25) is 0 Å². The number of esters is 1. The van der Waals surface area contributed by atoms with Gasteiger partial charge in [0.15, 0.2) is 0 Å². The maximum absolute atomic E-state index is 11.5. The van der Waals surface area contributed by atoms with Gasteiger partial charge in [0.1, 0.15) is 5.69 Å². The first-order chi connectivity index (χ1) is 7.72. The van der Waals surface area contributed by atoms with Crippen LogP contribution in [0, 0.1) is 0 Å². The third-order valence-corrected chi connectivity index (χ3v) is 2.81. The van der Waals surface area contributed by atoms with Crippen molar-refractivity contribution in [2.75, 3.05) is 6.61 Å². The number of para-hydroxylation sites is 1. The van der Waals surface area contributed by atoms with E-state index in [-0.39, 0.29) is 0 Å². The summed E-state index contributed by atoms with van der Waals surface area (Å²) in [6.07, 6.45) is 0. The highest BCUT2D eigenvalue weighted by Gasteiger charge is 2.11. The Bertz CT molecular complexity index is 540. The van der Waals surface area contributed by atoms with E-state index in [9.17, 15) is 4.79 Å². The summed E-state index contributed by atoms with van der Waals surface area (Å²) in [5.74, 6) is -0.394. The quantitative estimate of drug-likeness (QED) is 0.793. The minimum Gasteiger partial charge on any atom is -0.461 e. The molecule has 0 saturated carbocycles. The fourth-order valence-corrected chi connectivity index (χ4v) is 1.99. The molecule has 0 aliphatic carbocycles. The molecular weight excluding hydrogens is 270 g/mol. The standard InChI is InChI=1S/C12H10BrNO2/c1-2-16-12(15)11-7-9(13)8-5-3-4-6-10(8)14-11/h3-7H,2H2,1H3. The molecular formula is C12H10BrNO2. The smallest absolute Gasteiger partial charge is 0.356 e. The SMILES string of the molecule is CCOC(=O)c1cc(Br)c2ccccc2n1. The Morgan fingerprint density at radius 1 is 1.44 bits per heavy atom. The fourth-order valence-electron chi connectivity index (χ4n) is 1.44. The predicted octanol–water partition coefficient (Wildman–Crippen LogP) is 3.17. The third kappa shape index (κ3) is 2.07. The van der Waals surface area contributed by atoms with Crippen molar-refractivity contribution in [1.82, 2.24) is 4.98 Å². The molecule has 16 heavy (non-hydrogen) atoms. The molecule has 0 amide bonds. The number of hydrogen-bond donors (Lipinski definition) is 0. The van der Waals surface area contributed by atoms with E-state index in [1.54, 1.807) is 13.0 Å². The average Bonchev–Trinajstić information content (AvgIpc) is 2.29. The van der Waals surface area contributed by atoms with Crippen LogP contribution in [0.2, 0.25) is 0 Å². The number of carbonyl (C=O) groups is 1. The third-order valence-electron chi connectivity index (χ3n) is 2.15. The molecule has 0 saturated heterocycles. The lowest BCUT2D eigenvalue weighted by molar-refractivity contribution is 0.0520. The number of ether oxygens (including phenoxy) is 1. The predicted molar refractivity (Wildman–Crippen MR) is 65.4 cm³/mol. The van der Waals surface area contributed by atoms with Gasteiger partial charge in [-0.05, 0) is 19.1 Å². The van der Waals surface area contributed by atoms with Gasteiger partial charge in [-0.15, -0.1) is 0 Å². The van der Waals surface area contributed by atoms with E-state index in [1.165, 1.54) is 0 Å². The first-order valence-corrected chi connectivity index (χ1v) is 5.74. The lowest BCUT2D eigenvalue weighted by Crippen LogP contribution is -2.07. The van der Waals surface area contributed by atoms with E-state index in [2.05, 4.69) is 20.9 Å². The number of pyridine rings is 1. The van der Waals surface area contributed by atoms with Crippen LogP contribution in [0.15, 0.2) is 34.8 Å². The van der Waals surface area contributed by atoms with E-state index >= 15 is 0 Å². The second-order valence-electron chi connectivity index (χ2n) is 3.23. The van der Waals surface area contributed by atoms with Crippen LogP contribution in [-0.4, -0.2) is 17.6 Å². The molecule has 0 bridgehead atoms. The highest BCUT2D eigenvalue weighted by Crippen LogP contribution is 2.23. The van der Waals surface area contributed by atoms with Crippen LogP contribution < -0.4 is 0 Å². The summed E-state index contributed by atoms with van der Waals surface area (Å²) in [5, 5.41) is 0.982. The summed E-state index contributed by atoms with van der Waals surface area (Å²) in [6, 6.07) is 9.31. The first kappa shape index (κ1) is 11.1. The number of fused-ring (bicyclic) bond motifs is 1. The topological polar surface area (TPSA) is 39.2 Å². The zero-order valence-corrected chi connectivity index (χ0v) is 10.3. The van der Waals surface area contributed by atoms with Crippen LogP contribution in [-0.2, 0) is 4.74 Å². The van der Waals surface area contributed by atoms with Crippen molar-refractivity contribution in [3.8, 4) is 0 Å². The summed E-state index contributed by atoms with van der Waals surface area (Å²) in [6.45, 7) is 2.12. The minimum atomic E-state index is -0.394.